The van der Waals surface area contributed by atoms with Crippen LogP contribution in [0.2, 0.25) is 0 Å². The maximum absolute atomic E-state index is 13.1. The number of pyridine rings is 1. The van der Waals surface area contributed by atoms with E-state index < -0.39 is 0 Å². The molecule has 2 aromatic rings. The summed E-state index contributed by atoms with van der Waals surface area (Å²) in [7, 11) is 1.59. The molecule has 6 heteroatoms. The van der Waals surface area contributed by atoms with Crippen molar-refractivity contribution in [1.82, 2.24) is 20.1 Å². The maximum Gasteiger partial charge on any atom is 0.259 e. The number of fused-ring (bicyclic) bond motifs is 1. The molecule has 0 radical (unpaired) electrons. The third kappa shape index (κ3) is 2.66. The first-order valence-electron chi connectivity index (χ1n) is 8.61. The summed E-state index contributed by atoms with van der Waals surface area (Å²) in [6.07, 6.45) is 6.93. The normalized spacial score (nSPS) is 20.0. The number of hydrogen-bond donors (Lipinski definition) is 1. The molecular formula is C18H22N4O2. The second-order valence-electron chi connectivity index (χ2n) is 6.61. The molecule has 0 aromatic carbocycles. The molecule has 0 unspecified atom stereocenters. The summed E-state index contributed by atoms with van der Waals surface area (Å²) in [4.78, 5) is 19.6. The quantitative estimate of drug-likeness (QED) is 0.939. The SMILES string of the molecule is COc1nc2c(cc1C(=O)N1CCC[C@@H](c3ccn[nH]3)C1)CCC2. The number of carbonyl (C=O) groups is 1. The van der Waals surface area contributed by atoms with Gasteiger partial charge in [-0.1, -0.05) is 0 Å². The minimum absolute atomic E-state index is 0.0262. The van der Waals surface area contributed by atoms with Gasteiger partial charge in [0.1, 0.15) is 5.56 Å². The van der Waals surface area contributed by atoms with E-state index in [-0.39, 0.29) is 5.91 Å². The van der Waals surface area contributed by atoms with Crippen LogP contribution in [0.3, 0.4) is 0 Å². The first kappa shape index (κ1) is 15.2. The Hall–Kier alpha value is -2.37. The van der Waals surface area contributed by atoms with Gasteiger partial charge in [0.25, 0.3) is 5.91 Å². The molecule has 126 valence electrons. The van der Waals surface area contributed by atoms with Crippen LogP contribution in [0.1, 0.15) is 52.5 Å². The highest BCUT2D eigenvalue weighted by atomic mass is 16.5. The Bertz CT molecular complexity index is 742. The lowest BCUT2D eigenvalue weighted by Crippen LogP contribution is -2.39. The van der Waals surface area contributed by atoms with Crippen LogP contribution in [0.4, 0.5) is 0 Å². The summed E-state index contributed by atoms with van der Waals surface area (Å²) >= 11 is 0. The number of carbonyl (C=O) groups excluding carboxylic acids is 1. The van der Waals surface area contributed by atoms with Gasteiger partial charge in [-0.05, 0) is 49.8 Å². The average Bonchev–Trinajstić information content (AvgIpc) is 3.31. The van der Waals surface area contributed by atoms with Crippen molar-refractivity contribution in [2.24, 2.45) is 0 Å². The largest absolute Gasteiger partial charge is 0.480 e. The summed E-state index contributed by atoms with van der Waals surface area (Å²) in [5, 5.41) is 7.07. The summed E-state index contributed by atoms with van der Waals surface area (Å²) in [6.45, 7) is 1.49. The van der Waals surface area contributed by atoms with Crippen molar-refractivity contribution >= 4 is 5.91 Å². The number of aromatic nitrogens is 3. The van der Waals surface area contributed by atoms with E-state index in [1.165, 1.54) is 5.56 Å². The van der Waals surface area contributed by atoms with E-state index in [1.807, 2.05) is 17.0 Å². The molecule has 24 heavy (non-hydrogen) atoms. The molecule has 1 N–H and O–H groups in total. The average molecular weight is 326 g/mol. The lowest BCUT2D eigenvalue weighted by Gasteiger charge is -2.32. The summed E-state index contributed by atoms with van der Waals surface area (Å²) < 4.78 is 5.41. The van der Waals surface area contributed by atoms with Crippen LogP contribution in [0.15, 0.2) is 18.3 Å². The molecule has 1 aliphatic carbocycles. The van der Waals surface area contributed by atoms with Crippen LogP contribution in [0.25, 0.3) is 0 Å². The van der Waals surface area contributed by atoms with Gasteiger partial charge in [0.15, 0.2) is 0 Å². The topological polar surface area (TPSA) is 71.1 Å². The van der Waals surface area contributed by atoms with Gasteiger partial charge in [-0.3, -0.25) is 9.89 Å². The molecule has 6 nitrogen and oxygen atoms in total. The Labute approximate surface area is 141 Å². The van der Waals surface area contributed by atoms with Crippen molar-refractivity contribution in [2.75, 3.05) is 20.2 Å². The van der Waals surface area contributed by atoms with Gasteiger partial charge in [0, 0.05) is 36.6 Å². The number of H-pyrrole nitrogens is 1. The van der Waals surface area contributed by atoms with E-state index in [0.29, 0.717) is 23.9 Å². The Morgan fingerprint density at radius 2 is 2.29 bits per heavy atom. The van der Waals surface area contributed by atoms with Crippen LogP contribution in [0, 0.1) is 0 Å². The summed E-state index contributed by atoms with van der Waals surface area (Å²) in [6, 6.07) is 3.99. The zero-order valence-electron chi connectivity index (χ0n) is 13.9. The summed E-state index contributed by atoms with van der Waals surface area (Å²) in [5.41, 5.74) is 3.98. The molecule has 2 aliphatic rings. The number of nitrogens with zero attached hydrogens (tertiary/aromatic N) is 3. The number of nitrogens with one attached hydrogen (secondary N) is 1. The fourth-order valence-corrected chi connectivity index (χ4v) is 3.84. The first-order valence-corrected chi connectivity index (χ1v) is 8.61. The van der Waals surface area contributed by atoms with Gasteiger partial charge in [-0.2, -0.15) is 5.10 Å². The minimum atomic E-state index is 0.0262. The van der Waals surface area contributed by atoms with Crippen LogP contribution in [-0.2, 0) is 12.8 Å². The van der Waals surface area contributed by atoms with Gasteiger partial charge in [0.05, 0.1) is 7.11 Å². The van der Waals surface area contributed by atoms with Crippen molar-refractivity contribution in [3.8, 4) is 5.88 Å². The monoisotopic (exact) mass is 326 g/mol. The molecule has 1 amide bonds. The van der Waals surface area contributed by atoms with Crippen molar-refractivity contribution < 1.29 is 9.53 Å². The van der Waals surface area contributed by atoms with Crippen LogP contribution < -0.4 is 4.74 Å². The standard InChI is InChI=1S/C18H22N4O2/c1-24-17-14(10-12-4-2-6-15(12)20-17)18(23)22-9-3-5-13(11-22)16-7-8-19-21-16/h7-8,10,13H,2-6,9,11H2,1H3,(H,19,21)/t13-/m1/s1. The Balaban J connectivity index is 1.59. The van der Waals surface area contributed by atoms with E-state index >= 15 is 0 Å². The molecule has 0 spiro atoms. The molecule has 1 saturated heterocycles. The van der Waals surface area contributed by atoms with Crippen molar-refractivity contribution in [1.29, 1.82) is 0 Å². The number of aryl methyl sites for hydroxylation is 2. The number of piperidine rings is 1. The van der Waals surface area contributed by atoms with E-state index in [4.69, 9.17) is 4.74 Å². The highest BCUT2D eigenvalue weighted by Gasteiger charge is 2.29. The predicted octanol–water partition coefficient (Wildman–Crippen LogP) is 2.32. The third-order valence-corrected chi connectivity index (χ3v) is 5.11. The molecule has 3 heterocycles. The number of amides is 1. The number of ether oxygens (including phenoxy) is 1. The van der Waals surface area contributed by atoms with E-state index in [1.54, 1.807) is 13.3 Å². The number of methoxy groups -OCH3 is 1. The number of rotatable bonds is 3. The van der Waals surface area contributed by atoms with Crippen molar-refractivity contribution in [3.05, 3.63) is 40.8 Å². The second kappa shape index (κ2) is 6.26. The van der Waals surface area contributed by atoms with Crippen LogP contribution in [-0.4, -0.2) is 46.2 Å². The third-order valence-electron chi connectivity index (χ3n) is 5.11. The molecule has 1 atom stereocenters. The molecule has 0 bridgehead atoms. The highest BCUT2D eigenvalue weighted by Crippen LogP contribution is 2.30. The summed E-state index contributed by atoms with van der Waals surface area (Å²) in [5.74, 6) is 0.807. The zero-order chi connectivity index (χ0) is 16.5. The molecule has 4 rings (SSSR count). The van der Waals surface area contributed by atoms with Crippen LogP contribution >= 0.6 is 0 Å². The Morgan fingerprint density at radius 3 is 3.08 bits per heavy atom. The predicted molar refractivity (Wildman–Crippen MR) is 89.3 cm³/mol. The van der Waals surface area contributed by atoms with E-state index in [0.717, 1.165) is 50.0 Å². The number of likely N-dealkylation sites (tertiary alicyclic amines) is 1. The number of aromatic amines is 1. The second-order valence-corrected chi connectivity index (χ2v) is 6.61. The maximum atomic E-state index is 13.1. The minimum Gasteiger partial charge on any atom is -0.480 e. The first-order chi connectivity index (χ1) is 11.8. The molecule has 0 saturated carbocycles. The van der Waals surface area contributed by atoms with Gasteiger partial charge >= 0.3 is 0 Å². The molecule has 1 aliphatic heterocycles. The smallest absolute Gasteiger partial charge is 0.259 e. The molecule has 2 aromatic heterocycles. The van der Waals surface area contributed by atoms with Gasteiger partial charge in [-0.25, -0.2) is 4.98 Å². The zero-order valence-corrected chi connectivity index (χ0v) is 13.9. The Kier molecular flexibility index (Phi) is 3.96. The highest BCUT2D eigenvalue weighted by molar-refractivity contribution is 5.96. The van der Waals surface area contributed by atoms with Gasteiger partial charge < -0.3 is 9.64 Å². The molecular weight excluding hydrogens is 304 g/mol. The fourth-order valence-electron chi connectivity index (χ4n) is 3.84. The number of hydrogen-bond acceptors (Lipinski definition) is 4. The van der Waals surface area contributed by atoms with Crippen molar-refractivity contribution in [2.45, 2.75) is 38.0 Å². The fraction of sp³-hybridized carbons (Fsp3) is 0.500. The Morgan fingerprint density at radius 1 is 1.38 bits per heavy atom. The molecule has 1 fully saturated rings. The lowest BCUT2D eigenvalue weighted by molar-refractivity contribution is 0.0701. The van der Waals surface area contributed by atoms with Gasteiger partial charge in [-0.15, -0.1) is 0 Å². The van der Waals surface area contributed by atoms with Gasteiger partial charge in [0.2, 0.25) is 5.88 Å². The lowest BCUT2D eigenvalue weighted by atomic mass is 9.94. The van der Waals surface area contributed by atoms with E-state index in [2.05, 4.69) is 15.2 Å². The van der Waals surface area contributed by atoms with E-state index in [9.17, 15) is 4.79 Å². The van der Waals surface area contributed by atoms with Crippen LogP contribution in [0.5, 0.6) is 5.88 Å². The van der Waals surface area contributed by atoms with Crippen molar-refractivity contribution in [3.63, 3.8) is 0 Å².